The molecule has 0 radical (unpaired) electrons. The van der Waals surface area contributed by atoms with E-state index < -0.39 is 0 Å². The Kier molecular flexibility index (Phi) is 6.96. The Morgan fingerprint density at radius 1 is 1.50 bits per heavy atom. The molecular weight excluding hydrogens is 280 g/mol. The summed E-state index contributed by atoms with van der Waals surface area (Å²) in [5, 5.41) is 3.08. The molecule has 1 aromatic heterocycles. The van der Waals surface area contributed by atoms with Crippen LogP contribution >= 0.6 is 0 Å². The molecule has 1 aliphatic rings. The van der Waals surface area contributed by atoms with Gasteiger partial charge in [-0.3, -0.25) is 0 Å². The molecule has 0 amide bonds. The maximum atomic E-state index is 5.83. The molecule has 0 spiro atoms. The number of nitrogens with two attached hydrogens (primary N) is 1. The van der Waals surface area contributed by atoms with E-state index in [1.807, 2.05) is 19.1 Å². The van der Waals surface area contributed by atoms with Gasteiger partial charge in [-0.1, -0.05) is 0 Å². The number of hydrogen-bond acceptors (Lipinski definition) is 4. The fraction of sp³-hybridized carbons (Fsp3) is 0.625. The number of aromatic nitrogens is 1. The molecule has 6 heteroatoms. The van der Waals surface area contributed by atoms with Crippen molar-refractivity contribution in [2.45, 2.75) is 32.7 Å². The average molecular weight is 306 g/mol. The minimum absolute atomic E-state index is 0.453. The van der Waals surface area contributed by atoms with Gasteiger partial charge in [-0.15, -0.1) is 0 Å². The topological polar surface area (TPSA) is 81.8 Å². The summed E-state index contributed by atoms with van der Waals surface area (Å²) in [4.78, 5) is 8.53. The number of nitrogens with zero attached hydrogens (tertiary/aromatic N) is 2. The van der Waals surface area contributed by atoms with Crippen LogP contribution in [-0.2, 0) is 11.3 Å². The normalized spacial score (nSPS) is 14.9. The van der Waals surface area contributed by atoms with Crippen LogP contribution in [0.2, 0.25) is 0 Å². The molecule has 3 N–H and O–H groups in total. The highest BCUT2D eigenvalue weighted by Gasteiger charge is 2.22. The summed E-state index contributed by atoms with van der Waals surface area (Å²) >= 11 is 0. The SMILES string of the molecule is CCOCCCNC(N)=NCc1ccnc(OCC2CC2)c1. The lowest BCUT2D eigenvalue weighted by Crippen LogP contribution is -2.32. The van der Waals surface area contributed by atoms with E-state index >= 15 is 0 Å². The van der Waals surface area contributed by atoms with Crippen molar-refractivity contribution in [2.24, 2.45) is 16.6 Å². The molecule has 22 heavy (non-hydrogen) atoms. The van der Waals surface area contributed by atoms with Crippen LogP contribution in [0.1, 0.15) is 31.7 Å². The maximum Gasteiger partial charge on any atom is 0.213 e. The van der Waals surface area contributed by atoms with Gasteiger partial charge in [0.1, 0.15) is 0 Å². The lowest BCUT2D eigenvalue weighted by Gasteiger charge is -2.07. The number of rotatable bonds is 10. The summed E-state index contributed by atoms with van der Waals surface area (Å²) < 4.78 is 10.9. The number of pyridine rings is 1. The molecule has 1 aliphatic carbocycles. The Hall–Kier alpha value is -1.82. The first-order chi connectivity index (χ1) is 10.8. The van der Waals surface area contributed by atoms with Gasteiger partial charge in [0.05, 0.1) is 13.2 Å². The zero-order chi connectivity index (χ0) is 15.6. The highest BCUT2D eigenvalue weighted by molar-refractivity contribution is 5.77. The Morgan fingerprint density at radius 2 is 2.36 bits per heavy atom. The molecule has 1 saturated carbocycles. The summed E-state index contributed by atoms with van der Waals surface area (Å²) in [6, 6.07) is 3.85. The molecule has 0 bridgehead atoms. The van der Waals surface area contributed by atoms with Crippen LogP contribution in [0, 0.1) is 5.92 Å². The van der Waals surface area contributed by atoms with E-state index in [0.29, 0.717) is 18.4 Å². The molecule has 0 saturated heterocycles. The second-order valence-corrected chi connectivity index (χ2v) is 5.44. The Bertz CT molecular complexity index is 475. The maximum absolute atomic E-state index is 5.83. The Balaban J connectivity index is 1.69. The second kappa shape index (κ2) is 9.25. The van der Waals surface area contributed by atoms with E-state index in [1.54, 1.807) is 6.20 Å². The van der Waals surface area contributed by atoms with Crippen molar-refractivity contribution in [1.29, 1.82) is 0 Å². The van der Waals surface area contributed by atoms with Crippen molar-refractivity contribution in [2.75, 3.05) is 26.4 Å². The lowest BCUT2D eigenvalue weighted by atomic mass is 10.3. The van der Waals surface area contributed by atoms with Crippen LogP contribution in [0.25, 0.3) is 0 Å². The fourth-order valence-corrected chi connectivity index (χ4v) is 1.88. The van der Waals surface area contributed by atoms with E-state index in [9.17, 15) is 0 Å². The summed E-state index contributed by atoms with van der Waals surface area (Å²) in [7, 11) is 0. The van der Waals surface area contributed by atoms with E-state index in [-0.39, 0.29) is 0 Å². The van der Waals surface area contributed by atoms with Crippen molar-refractivity contribution >= 4 is 5.96 Å². The molecular formula is C16H26N4O2. The van der Waals surface area contributed by atoms with E-state index in [1.165, 1.54) is 12.8 Å². The van der Waals surface area contributed by atoms with Gasteiger partial charge < -0.3 is 20.5 Å². The highest BCUT2D eigenvalue weighted by atomic mass is 16.5. The van der Waals surface area contributed by atoms with Gasteiger partial charge in [-0.25, -0.2) is 9.98 Å². The van der Waals surface area contributed by atoms with Crippen LogP contribution in [0.4, 0.5) is 0 Å². The molecule has 122 valence electrons. The molecule has 1 aromatic rings. The molecule has 1 heterocycles. The summed E-state index contributed by atoms with van der Waals surface area (Å²) in [6.07, 6.45) is 5.21. The fourth-order valence-electron chi connectivity index (χ4n) is 1.88. The summed E-state index contributed by atoms with van der Waals surface area (Å²) in [6.45, 7) is 5.53. The van der Waals surface area contributed by atoms with Gasteiger partial charge in [-0.05, 0) is 43.7 Å². The second-order valence-electron chi connectivity index (χ2n) is 5.44. The van der Waals surface area contributed by atoms with Crippen LogP contribution in [-0.4, -0.2) is 37.3 Å². The van der Waals surface area contributed by atoms with E-state index in [0.717, 1.165) is 44.3 Å². The van der Waals surface area contributed by atoms with Crippen LogP contribution in [0.5, 0.6) is 5.88 Å². The molecule has 1 fully saturated rings. The summed E-state index contributed by atoms with van der Waals surface area (Å²) in [5.74, 6) is 1.84. The number of guanidine groups is 1. The number of aliphatic imine (C=N–C) groups is 1. The zero-order valence-electron chi connectivity index (χ0n) is 13.3. The van der Waals surface area contributed by atoms with Gasteiger partial charge in [0.25, 0.3) is 0 Å². The highest BCUT2D eigenvalue weighted by Crippen LogP contribution is 2.29. The predicted octanol–water partition coefficient (Wildman–Crippen LogP) is 1.70. The first-order valence-electron chi connectivity index (χ1n) is 7.97. The van der Waals surface area contributed by atoms with Crippen LogP contribution in [0.3, 0.4) is 0 Å². The molecule has 2 rings (SSSR count). The van der Waals surface area contributed by atoms with Gasteiger partial charge >= 0.3 is 0 Å². The van der Waals surface area contributed by atoms with Gasteiger partial charge in [-0.2, -0.15) is 0 Å². The van der Waals surface area contributed by atoms with Crippen LogP contribution in [0.15, 0.2) is 23.3 Å². The predicted molar refractivity (Wildman–Crippen MR) is 86.9 cm³/mol. The average Bonchev–Trinajstić information content (AvgIpc) is 3.35. The molecule has 0 aliphatic heterocycles. The molecule has 0 unspecified atom stereocenters. The van der Waals surface area contributed by atoms with Crippen molar-refractivity contribution in [3.8, 4) is 5.88 Å². The first kappa shape index (κ1) is 16.5. The molecule has 0 aromatic carbocycles. The smallest absolute Gasteiger partial charge is 0.213 e. The van der Waals surface area contributed by atoms with Crippen molar-refractivity contribution in [3.63, 3.8) is 0 Å². The third kappa shape index (κ3) is 6.76. The van der Waals surface area contributed by atoms with Gasteiger partial charge in [0, 0.05) is 32.0 Å². The van der Waals surface area contributed by atoms with Crippen molar-refractivity contribution in [3.05, 3.63) is 23.9 Å². The van der Waals surface area contributed by atoms with Crippen molar-refractivity contribution < 1.29 is 9.47 Å². The van der Waals surface area contributed by atoms with Gasteiger partial charge in [0.15, 0.2) is 5.96 Å². The number of ether oxygens (including phenoxy) is 2. The number of nitrogens with one attached hydrogen (secondary N) is 1. The third-order valence-electron chi connectivity index (χ3n) is 3.37. The zero-order valence-corrected chi connectivity index (χ0v) is 13.3. The molecule has 6 nitrogen and oxygen atoms in total. The van der Waals surface area contributed by atoms with Gasteiger partial charge in [0.2, 0.25) is 5.88 Å². The van der Waals surface area contributed by atoms with E-state index in [2.05, 4.69) is 15.3 Å². The monoisotopic (exact) mass is 306 g/mol. The molecule has 0 atom stereocenters. The first-order valence-corrected chi connectivity index (χ1v) is 7.97. The minimum atomic E-state index is 0.453. The quantitative estimate of drug-likeness (QED) is 0.391. The van der Waals surface area contributed by atoms with Crippen LogP contribution < -0.4 is 15.8 Å². The number of hydrogen-bond donors (Lipinski definition) is 2. The Morgan fingerprint density at radius 3 is 3.14 bits per heavy atom. The summed E-state index contributed by atoms with van der Waals surface area (Å²) in [5.41, 5.74) is 6.87. The third-order valence-corrected chi connectivity index (χ3v) is 3.37. The minimum Gasteiger partial charge on any atom is -0.477 e. The van der Waals surface area contributed by atoms with Crippen molar-refractivity contribution in [1.82, 2.24) is 10.3 Å². The van der Waals surface area contributed by atoms with E-state index in [4.69, 9.17) is 15.2 Å². The Labute approximate surface area is 132 Å². The standard InChI is InChI=1S/C16H26N4O2/c1-2-21-9-3-7-19-16(17)20-11-14-6-8-18-15(10-14)22-12-13-4-5-13/h6,8,10,13H,2-5,7,9,11-12H2,1H3,(H3,17,19,20). The largest absolute Gasteiger partial charge is 0.477 e. The lowest BCUT2D eigenvalue weighted by molar-refractivity contribution is 0.145.